The molecule has 0 fully saturated rings. The number of rotatable bonds is 0. The lowest BCUT2D eigenvalue weighted by Gasteiger charge is -2.08. The van der Waals surface area contributed by atoms with Crippen LogP contribution < -0.4 is 0 Å². The normalized spacial score (nSPS) is 15.4. The van der Waals surface area contributed by atoms with Gasteiger partial charge >= 0.3 is 0 Å². The Hall–Kier alpha value is -1.18. The minimum absolute atomic E-state index is 0.889. The van der Waals surface area contributed by atoms with Crippen LogP contribution in [-0.4, -0.2) is 0 Å². The van der Waals surface area contributed by atoms with Crippen molar-refractivity contribution in [2.75, 3.05) is 0 Å². The molecule has 0 aromatic rings. The van der Waals surface area contributed by atoms with E-state index in [4.69, 9.17) is 6.42 Å². The van der Waals surface area contributed by atoms with E-state index in [1.165, 1.54) is 0 Å². The van der Waals surface area contributed by atoms with Gasteiger partial charge in [-0.25, -0.2) is 0 Å². The average Bonchev–Trinajstić information content (AvgIpc) is 1.65. The number of terminal acetylenes is 1. The van der Waals surface area contributed by atoms with E-state index in [0.717, 1.165) is 17.6 Å². The molecule has 0 saturated heterocycles. The van der Waals surface area contributed by atoms with Gasteiger partial charge in [0.05, 0.1) is 0 Å². The Balaban J connectivity index is 2.81. The summed E-state index contributed by atoms with van der Waals surface area (Å²) in [6, 6.07) is 0. The highest BCUT2D eigenvalue weighted by Crippen LogP contribution is 2.21. The van der Waals surface area contributed by atoms with E-state index >= 15 is 0 Å². The summed E-state index contributed by atoms with van der Waals surface area (Å²) in [6.45, 7) is 3.48. The molecule has 0 aromatic carbocycles. The summed E-state index contributed by atoms with van der Waals surface area (Å²) in [5, 5.41) is 0. The van der Waals surface area contributed by atoms with Crippen LogP contribution in [0.5, 0.6) is 0 Å². The number of allylic oxidation sites excluding steroid dienone is 3. The molecule has 0 aliphatic heterocycles. The van der Waals surface area contributed by atoms with E-state index in [9.17, 15) is 0 Å². The van der Waals surface area contributed by atoms with Crippen molar-refractivity contribution in [1.82, 2.24) is 0 Å². The van der Waals surface area contributed by atoms with Crippen LogP contribution in [-0.2, 0) is 0 Å². The first kappa shape index (κ1) is 4.97. The Morgan fingerprint density at radius 2 is 2.38 bits per heavy atom. The van der Waals surface area contributed by atoms with Crippen molar-refractivity contribution in [2.45, 2.75) is 6.42 Å². The molecule has 0 atom stereocenters. The molecule has 1 rings (SSSR count). The second kappa shape index (κ2) is 1.74. The van der Waals surface area contributed by atoms with E-state index < -0.39 is 0 Å². The summed E-state index contributed by atoms with van der Waals surface area (Å²) in [6.07, 6.45) is 7.88. The van der Waals surface area contributed by atoms with Crippen LogP contribution in [0.1, 0.15) is 6.42 Å². The largest absolute Gasteiger partial charge is 0.125 e. The SMILES string of the molecule is C#CC1=CC(=C=C)C1. The van der Waals surface area contributed by atoms with E-state index in [1.54, 1.807) is 0 Å². The predicted octanol–water partition coefficient (Wildman–Crippen LogP) is 1.66. The topological polar surface area (TPSA) is 0 Å². The van der Waals surface area contributed by atoms with Gasteiger partial charge in [0.15, 0.2) is 0 Å². The maximum atomic E-state index is 5.07. The number of hydrogen-bond acceptors (Lipinski definition) is 0. The van der Waals surface area contributed by atoms with Crippen LogP contribution in [0.25, 0.3) is 0 Å². The molecular formula is C8H6. The highest BCUT2D eigenvalue weighted by Gasteiger charge is 2.06. The Labute approximate surface area is 49.2 Å². The molecule has 0 bridgehead atoms. The van der Waals surface area contributed by atoms with Crippen LogP contribution in [0.2, 0.25) is 0 Å². The van der Waals surface area contributed by atoms with Crippen LogP contribution >= 0.6 is 0 Å². The van der Waals surface area contributed by atoms with E-state index in [2.05, 4.69) is 18.2 Å². The zero-order valence-corrected chi connectivity index (χ0v) is 4.57. The molecule has 1 aliphatic rings. The molecule has 0 unspecified atom stereocenters. The molecule has 0 heterocycles. The van der Waals surface area contributed by atoms with Gasteiger partial charge in [0.25, 0.3) is 0 Å². The molecule has 0 amide bonds. The second-order valence-electron chi connectivity index (χ2n) is 1.69. The lowest BCUT2D eigenvalue weighted by molar-refractivity contribution is 1.14. The molecule has 0 saturated carbocycles. The third-order valence-corrected chi connectivity index (χ3v) is 1.14. The maximum Gasteiger partial charge on any atom is 0.0128 e. The zero-order valence-electron chi connectivity index (χ0n) is 4.57. The first-order chi connectivity index (χ1) is 3.86. The highest BCUT2D eigenvalue weighted by atomic mass is 14.1. The monoisotopic (exact) mass is 102 g/mol. The molecule has 0 heteroatoms. The molecule has 0 spiro atoms. The quantitative estimate of drug-likeness (QED) is 0.322. The van der Waals surface area contributed by atoms with Crippen molar-refractivity contribution < 1.29 is 0 Å². The fourth-order valence-electron chi connectivity index (χ4n) is 0.593. The summed E-state index contributed by atoms with van der Waals surface area (Å²) in [4.78, 5) is 0. The molecule has 8 heavy (non-hydrogen) atoms. The summed E-state index contributed by atoms with van der Waals surface area (Å²) in [5.74, 6) is 2.54. The third-order valence-electron chi connectivity index (χ3n) is 1.14. The van der Waals surface area contributed by atoms with Gasteiger partial charge < -0.3 is 0 Å². The van der Waals surface area contributed by atoms with Gasteiger partial charge in [0.2, 0.25) is 0 Å². The van der Waals surface area contributed by atoms with Crippen molar-refractivity contribution in [3.05, 3.63) is 29.5 Å². The fraction of sp³-hybridized carbons (Fsp3) is 0.125. The standard InChI is InChI=1S/C8H6/c1-3-7-5-8(4-2)6-7/h1,5H,2,6H2. The van der Waals surface area contributed by atoms with Gasteiger partial charge in [-0.15, -0.1) is 12.2 Å². The highest BCUT2D eigenvalue weighted by molar-refractivity contribution is 5.46. The zero-order chi connectivity index (χ0) is 5.98. The fourth-order valence-corrected chi connectivity index (χ4v) is 0.593. The molecular weight excluding hydrogens is 96.1 g/mol. The van der Waals surface area contributed by atoms with Crippen molar-refractivity contribution in [1.29, 1.82) is 0 Å². The Morgan fingerprint density at radius 3 is 2.75 bits per heavy atom. The lowest BCUT2D eigenvalue weighted by atomic mass is 9.94. The van der Waals surface area contributed by atoms with Gasteiger partial charge in [0, 0.05) is 12.0 Å². The molecule has 0 radical (unpaired) electrons. The van der Waals surface area contributed by atoms with Crippen LogP contribution in [0.4, 0.5) is 0 Å². The summed E-state index contributed by atoms with van der Waals surface area (Å²) in [7, 11) is 0. The Bertz CT molecular complexity index is 217. The second-order valence-corrected chi connectivity index (χ2v) is 1.69. The average molecular weight is 102 g/mol. The van der Waals surface area contributed by atoms with Crippen LogP contribution in [0.15, 0.2) is 29.5 Å². The summed E-state index contributed by atoms with van der Waals surface area (Å²) >= 11 is 0. The summed E-state index contributed by atoms with van der Waals surface area (Å²) in [5.41, 5.74) is 4.94. The first-order valence-electron chi connectivity index (χ1n) is 2.43. The molecule has 1 aliphatic carbocycles. The van der Waals surface area contributed by atoms with Crippen molar-refractivity contribution in [3.8, 4) is 12.3 Å². The van der Waals surface area contributed by atoms with Crippen molar-refractivity contribution in [2.24, 2.45) is 0 Å². The van der Waals surface area contributed by atoms with E-state index in [1.807, 2.05) is 6.08 Å². The predicted molar refractivity (Wildman–Crippen MR) is 34.2 cm³/mol. The van der Waals surface area contributed by atoms with Crippen LogP contribution in [0, 0.1) is 12.3 Å². The molecule has 38 valence electrons. The minimum Gasteiger partial charge on any atom is -0.125 e. The van der Waals surface area contributed by atoms with Gasteiger partial charge in [-0.3, -0.25) is 0 Å². The van der Waals surface area contributed by atoms with Gasteiger partial charge in [-0.1, -0.05) is 12.5 Å². The Kier molecular flexibility index (Phi) is 1.08. The molecule has 0 aromatic heterocycles. The smallest absolute Gasteiger partial charge is 0.0128 e. The first-order valence-corrected chi connectivity index (χ1v) is 2.43. The van der Waals surface area contributed by atoms with Crippen molar-refractivity contribution >= 4 is 0 Å². The van der Waals surface area contributed by atoms with Gasteiger partial charge in [-0.2, -0.15) is 0 Å². The minimum atomic E-state index is 0.889. The molecule has 0 nitrogen and oxygen atoms in total. The van der Waals surface area contributed by atoms with E-state index in [0.29, 0.717) is 0 Å². The lowest BCUT2D eigenvalue weighted by Crippen LogP contribution is -1.93. The van der Waals surface area contributed by atoms with Gasteiger partial charge in [-0.05, 0) is 11.6 Å². The molecule has 0 N–H and O–H groups in total. The third kappa shape index (κ3) is 0.601. The maximum absolute atomic E-state index is 5.07. The van der Waals surface area contributed by atoms with Gasteiger partial charge in [0.1, 0.15) is 0 Å². The number of hydrogen-bond donors (Lipinski definition) is 0. The van der Waals surface area contributed by atoms with Crippen LogP contribution in [0.3, 0.4) is 0 Å². The van der Waals surface area contributed by atoms with E-state index in [-0.39, 0.29) is 0 Å². The van der Waals surface area contributed by atoms with Crippen molar-refractivity contribution in [3.63, 3.8) is 0 Å². The summed E-state index contributed by atoms with van der Waals surface area (Å²) < 4.78 is 0. The Morgan fingerprint density at radius 1 is 1.75 bits per heavy atom.